The molecule has 0 saturated carbocycles. The smallest absolute Gasteiger partial charge is 0.231 e. The minimum atomic E-state index is 0. The van der Waals surface area contributed by atoms with Gasteiger partial charge < -0.3 is 14.9 Å². The van der Waals surface area contributed by atoms with Crippen LogP contribution in [0, 0.1) is 0 Å². The van der Waals surface area contributed by atoms with E-state index in [1.54, 1.807) is 0 Å². The summed E-state index contributed by atoms with van der Waals surface area (Å²) in [4.78, 5) is 4.50. The number of hydrogen-bond donors (Lipinski definition) is 2. The molecule has 1 saturated heterocycles. The monoisotopic (exact) mass is 459 g/mol. The predicted octanol–water partition coefficient (Wildman–Crippen LogP) is 1.98. The fourth-order valence-electron chi connectivity index (χ4n) is 2.27. The molecule has 0 bridgehead atoms. The summed E-state index contributed by atoms with van der Waals surface area (Å²) < 4.78 is 5.36. The minimum absolute atomic E-state index is 0. The van der Waals surface area contributed by atoms with Gasteiger partial charge in [0.05, 0.1) is 5.92 Å². The number of nitrogens with one attached hydrogen (secondary N) is 1. The molecule has 21 heavy (non-hydrogen) atoms. The Labute approximate surface area is 139 Å². The van der Waals surface area contributed by atoms with Gasteiger partial charge in [-0.1, -0.05) is 36.3 Å². The maximum atomic E-state index is 7.00. The maximum Gasteiger partial charge on any atom is 0.231 e. The first-order valence-corrected chi connectivity index (χ1v) is 6.95. The van der Waals surface area contributed by atoms with Gasteiger partial charge in [0.15, 0.2) is 0 Å². The van der Waals surface area contributed by atoms with Crippen molar-refractivity contribution >= 4 is 0 Å². The summed E-state index contributed by atoms with van der Waals surface area (Å²) >= 11 is 0. The number of rotatable bonds is 3. The summed E-state index contributed by atoms with van der Waals surface area (Å²) in [6.07, 6.45) is 2.13. The van der Waals surface area contributed by atoms with Crippen LogP contribution in [0.5, 0.6) is 0 Å². The number of aryl methyl sites for hydroxylation is 1. The number of benzene rings is 1. The number of nitrogens with zero attached hydrogens (tertiary/aromatic N) is 2. The second kappa shape index (κ2) is 9.08. The van der Waals surface area contributed by atoms with Crippen molar-refractivity contribution in [3.63, 3.8) is 0 Å². The first-order valence-electron chi connectivity index (χ1n) is 6.95. The second-order valence-corrected chi connectivity index (χ2v) is 4.70. The van der Waals surface area contributed by atoms with E-state index >= 15 is 0 Å². The van der Waals surface area contributed by atoms with Gasteiger partial charge >= 0.3 is 0 Å². The predicted molar refractivity (Wildman–Crippen MR) is 77.5 cm³/mol. The Morgan fingerprint density at radius 1 is 1.29 bits per heavy atom. The van der Waals surface area contributed by atoms with Gasteiger partial charge in [0.25, 0.3) is 0 Å². The number of aromatic nitrogens is 2. The fraction of sp³-hybridized carbons (Fsp3) is 0.467. The number of hydrogen-bond acceptors (Lipinski definition) is 5. The van der Waals surface area contributed by atoms with Gasteiger partial charge in [-0.05, 0) is 24.9 Å². The standard InChI is InChI=1S/C14H17N3O.CH4O.W/c1-2-10-3-5-11(6-4-10)13-16-14(18-17-13)12-7-8-15-9-12;1-2;/h3-6,12,15H,2,7-9H2,1H3;2H,1H3;. The number of aliphatic hydroxyl groups excluding tert-OH is 1. The van der Waals surface area contributed by atoms with Crippen molar-refractivity contribution in [2.24, 2.45) is 0 Å². The molecular weight excluding hydrogens is 438 g/mol. The largest absolute Gasteiger partial charge is 0.400 e. The molecule has 114 valence electrons. The van der Waals surface area contributed by atoms with Crippen LogP contribution in [0.25, 0.3) is 11.4 Å². The van der Waals surface area contributed by atoms with Crippen LogP contribution in [-0.4, -0.2) is 35.4 Å². The summed E-state index contributed by atoms with van der Waals surface area (Å²) in [5.74, 6) is 1.83. The average molecular weight is 459 g/mol. The van der Waals surface area contributed by atoms with Gasteiger partial charge in [-0.15, -0.1) is 0 Å². The van der Waals surface area contributed by atoms with Crippen molar-refractivity contribution < 1.29 is 30.7 Å². The Hall–Kier alpha value is -1.03. The third-order valence-corrected chi connectivity index (χ3v) is 3.47. The molecule has 2 heterocycles. The Morgan fingerprint density at radius 2 is 2.00 bits per heavy atom. The molecule has 6 heteroatoms. The van der Waals surface area contributed by atoms with Gasteiger partial charge in [0, 0.05) is 40.3 Å². The molecule has 1 aromatic heterocycles. The Balaban J connectivity index is 0.000000706. The van der Waals surface area contributed by atoms with E-state index < -0.39 is 0 Å². The molecule has 2 N–H and O–H groups in total. The van der Waals surface area contributed by atoms with Crippen molar-refractivity contribution in [1.82, 2.24) is 15.5 Å². The van der Waals surface area contributed by atoms with E-state index in [0.717, 1.165) is 44.5 Å². The second-order valence-electron chi connectivity index (χ2n) is 4.70. The third-order valence-electron chi connectivity index (χ3n) is 3.47. The van der Waals surface area contributed by atoms with Gasteiger partial charge in [-0.3, -0.25) is 0 Å². The molecular formula is C15H21N3O2W. The molecule has 0 radical (unpaired) electrons. The summed E-state index contributed by atoms with van der Waals surface area (Å²) in [6.45, 7) is 4.12. The van der Waals surface area contributed by atoms with E-state index in [-0.39, 0.29) is 21.1 Å². The normalized spacial score (nSPS) is 16.8. The summed E-state index contributed by atoms with van der Waals surface area (Å²) in [5.41, 5.74) is 2.34. The molecule has 5 nitrogen and oxygen atoms in total. The first-order chi connectivity index (χ1) is 9.86. The van der Waals surface area contributed by atoms with E-state index in [4.69, 9.17) is 9.63 Å². The zero-order chi connectivity index (χ0) is 14.4. The van der Waals surface area contributed by atoms with Crippen molar-refractivity contribution in [3.05, 3.63) is 35.7 Å². The summed E-state index contributed by atoms with van der Waals surface area (Å²) in [5, 5.41) is 14.4. The third kappa shape index (κ3) is 4.47. The van der Waals surface area contributed by atoms with E-state index in [9.17, 15) is 0 Å². The zero-order valence-electron chi connectivity index (χ0n) is 12.4. The van der Waals surface area contributed by atoms with Crippen molar-refractivity contribution in [2.45, 2.75) is 25.7 Å². The molecule has 1 aliphatic rings. The summed E-state index contributed by atoms with van der Waals surface area (Å²) in [7, 11) is 1.00. The molecule has 2 aromatic rings. The van der Waals surface area contributed by atoms with E-state index in [2.05, 4.69) is 46.6 Å². The first kappa shape index (κ1) is 18.0. The number of aliphatic hydroxyl groups is 1. The maximum absolute atomic E-state index is 7.00. The fourth-order valence-corrected chi connectivity index (χ4v) is 2.27. The van der Waals surface area contributed by atoms with Crippen LogP contribution in [-0.2, 0) is 27.5 Å². The van der Waals surface area contributed by atoms with Crippen LogP contribution < -0.4 is 5.32 Å². The zero-order valence-corrected chi connectivity index (χ0v) is 15.3. The van der Waals surface area contributed by atoms with Crippen molar-refractivity contribution in [3.8, 4) is 11.4 Å². The van der Waals surface area contributed by atoms with Crippen LogP contribution in [0.2, 0.25) is 0 Å². The minimum Gasteiger partial charge on any atom is -0.400 e. The van der Waals surface area contributed by atoms with E-state index in [1.165, 1.54) is 5.56 Å². The molecule has 1 aromatic carbocycles. The van der Waals surface area contributed by atoms with Crippen LogP contribution in [0.4, 0.5) is 0 Å². The van der Waals surface area contributed by atoms with E-state index in [0.29, 0.717) is 11.7 Å². The van der Waals surface area contributed by atoms with E-state index in [1.807, 2.05) is 0 Å². The molecule has 0 spiro atoms. The molecule has 1 unspecified atom stereocenters. The molecule has 1 atom stereocenters. The molecule has 1 fully saturated rings. The molecule has 3 rings (SSSR count). The Bertz CT molecular complexity index is 522. The SMILES string of the molecule is CCc1ccc(-c2noc(C3CCNC3)n2)cc1.CO.[W]. The summed E-state index contributed by atoms with van der Waals surface area (Å²) in [6, 6.07) is 8.34. The van der Waals surface area contributed by atoms with Gasteiger partial charge in [-0.25, -0.2) is 0 Å². The van der Waals surface area contributed by atoms with Crippen LogP contribution >= 0.6 is 0 Å². The molecule has 1 aliphatic heterocycles. The molecule has 0 amide bonds. The van der Waals surface area contributed by atoms with Crippen molar-refractivity contribution in [2.75, 3.05) is 20.2 Å². The van der Waals surface area contributed by atoms with Gasteiger partial charge in [0.1, 0.15) is 0 Å². The average Bonchev–Trinajstić information content (AvgIpc) is 3.20. The van der Waals surface area contributed by atoms with Crippen molar-refractivity contribution in [1.29, 1.82) is 0 Å². The van der Waals surface area contributed by atoms with Gasteiger partial charge in [-0.2, -0.15) is 4.98 Å². The van der Waals surface area contributed by atoms with Crippen LogP contribution in [0.3, 0.4) is 0 Å². The Kier molecular flexibility index (Phi) is 7.79. The van der Waals surface area contributed by atoms with Gasteiger partial charge in [0.2, 0.25) is 11.7 Å². The molecule has 0 aliphatic carbocycles. The topological polar surface area (TPSA) is 71.2 Å². The van der Waals surface area contributed by atoms with Crippen LogP contribution in [0.1, 0.15) is 30.7 Å². The quantitative estimate of drug-likeness (QED) is 0.735. The van der Waals surface area contributed by atoms with Crippen LogP contribution in [0.15, 0.2) is 28.8 Å². The Morgan fingerprint density at radius 3 is 2.57 bits per heavy atom.